The number of benzene rings is 2. The van der Waals surface area contributed by atoms with Crippen molar-refractivity contribution >= 4 is 44.9 Å². The first-order valence-corrected chi connectivity index (χ1v) is 14.8. The van der Waals surface area contributed by atoms with Crippen molar-refractivity contribution < 1.29 is 46.2 Å². The predicted molar refractivity (Wildman–Crippen MR) is 142 cm³/mol. The number of amides is 2. The van der Waals surface area contributed by atoms with Crippen molar-refractivity contribution in [2.45, 2.75) is 54.8 Å². The highest BCUT2D eigenvalue weighted by Gasteiger charge is 2.59. The molecule has 2 fully saturated rings. The summed E-state index contributed by atoms with van der Waals surface area (Å²) in [6.45, 7) is 1.77. The second-order valence-electron chi connectivity index (χ2n) is 10.7. The molecule has 2 unspecified atom stereocenters. The number of hydrogen-bond donors (Lipinski definition) is 4. The van der Waals surface area contributed by atoms with E-state index in [1.807, 2.05) is 6.92 Å². The van der Waals surface area contributed by atoms with Crippen molar-refractivity contribution in [2.75, 3.05) is 11.9 Å². The Bertz CT molecular complexity index is 1480. The van der Waals surface area contributed by atoms with E-state index >= 15 is 0 Å². The van der Waals surface area contributed by atoms with Crippen LogP contribution in [0.3, 0.4) is 0 Å². The Morgan fingerprint density at radius 3 is 2.34 bits per heavy atom. The summed E-state index contributed by atoms with van der Waals surface area (Å²) in [6, 6.07) is 4.63. The molecule has 2 aliphatic rings. The molecule has 0 aliphatic heterocycles. The Balaban J connectivity index is 1.53. The second kappa shape index (κ2) is 11.6. The molecule has 4 rings (SSSR count). The summed E-state index contributed by atoms with van der Waals surface area (Å²) in [4.78, 5) is 35.6. The minimum absolute atomic E-state index is 0.0276. The fourth-order valence-corrected chi connectivity index (χ4v) is 8.45. The van der Waals surface area contributed by atoms with E-state index < -0.39 is 67.8 Å². The smallest absolute Gasteiger partial charge is 0.305 e. The summed E-state index contributed by atoms with van der Waals surface area (Å²) >= 11 is 6.24. The van der Waals surface area contributed by atoms with Crippen LogP contribution in [-0.2, 0) is 19.4 Å². The number of hydrogen-bond acceptors (Lipinski definition) is 6. The van der Waals surface area contributed by atoms with E-state index in [0.717, 1.165) is 6.07 Å². The average Bonchev–Trinajstić information content (AvgIpc) is 3.00. The third-order valence-electron chi connectivity index (χ3n) is 8.04. The Labute approximate surface area is 239 Å². The number of rotatable bonds is 9. The summed E-state index contributed by atoms with van der Waals surface area (Å²) in [5.41, 5.74) is -2.03. The Kier molecular flexibility index (Phi) is 8.72. The molecule has 2 aromatic rings. The summed E-state index contributed by atoms with van der Waals surface area (Å²) in [5.74, 6) is -8.43. The summed E-state index contributed by atoms with van der Waals surface area (Å²) < 4.78 is 67.9. The normalized spacial score (nSPS) is 25.5. The van der Waals surface area contributed by atoms with E-state index in [2.05, 4.69) is 10.6 Å². The summed E-state index contributed by atoms with van der Waals surface area (Å²) in [6.07, 6.45) is -0.0252. The van der Waals surface area contributed by atoms with Crippen LogP contribution in [0.1, 0.15) is 49.4 Å². The van der Waals surface area contributed by atoms with Crippen LogP contribution in [0.4, 0.5) is 18.9 Å². The van der Waals surface area contributed by atoms with Crippen molar-refractivity contribution in [3.63, 3.8) is 0 Å². The Morgan fingerprint density at radius 1 is 1.07 bits per heavy atom. The topological polar surface area (TPSA) is 150 Å². The van der Waals surface area contributed by atoms with Crippen LogP contribution in [-0.4, -0.2) is 53.8 Å². The van der Waals surface area contributed by atoms with Crippen molar-refractivity contribution in [1.82, 2.24) is 5.32 Å². The zero-order valence-electron chi connectivity index (χ0n) is 21.8. The maximum Gasteiger partial charge on any atom is 0.305 e. The minimum atomic E-state index is -4.15. The van der Waals surface area contributed by atoms with Gasteiger partial charge in [-0.05, 0) is 55.2 Å². The van der Waals surface area contributed by atoms with Crippen molar-refractivity contribution in [2.24, 2.45) is 17.8 Å². The first-order valence-electron chi connectivity index (χ1n) is 12.8. The van der Waals surface area contributed by atoms with Gasteiger partial charge in [0, 0.05) is 29.9 Å². The van der Waals surface area contributed by atoms with Gasteiger partial charge in [0.15, 0.2) is 27.3 Å². The van der Waals surface area contributed by atoms with E-state index in [1.54, 1.807) is 0 Å². The van der Waals surface area contributed by atoms with Crippen molar-refractivity contribution in [3.8, 4) is 0 Å². The highest BCUT2D eigenvalue weighted by Crippen LogP contribution is 2.56. The molecule has 2 saturated carbocycles. The molecule has 2 bridgehead atoms. The standard InChI is InChI=1S/C27H28ClF3N2O7S/c1-13-6-15-8-17(11-18(13)27(15,38)12-23(34)32-5-4-24(35)36)41(39,40)22-7-14(2-3-19(22)28)26(37)33-16-9-20(29)25(31)21(30)10-16/h2-3,7,9-10,13,15,17-18,38H,4-6,8,11-12H2,1H3,(H,32,34)(H,33,37)(H,35,36)/t13-,15?,17+,18?,27+/m0/s1. The van der Waals surface area contributed by atoms with E-state index in [4.69, 9.17) is 16.7 Å². The SMILES string of the molecule is C[C@H]1CC2C[C@@H](S(=O)(=O)c3cc(C(=O)Nc4cc(F)c(F)c(F)c4)ccc3Cl)CC1[C@@]2(O)CC(=O)NCCC(=O)O. The van der Waals surface area contributed by atoms with Gasteiger partial charge in [0.1, 0.15) is 0 Å². The fourth-order valence-electron chi connectivity index (χ4n) is 6.08. The largest absolute Gasteiger partial charge is 0.481 e. The third kappa shape index (κ3) is 6.21. The number of halogens is 4. The molecule has 0 aromatic heterocycles. The van der Waals surface area contributed by atoms with Gasteiger partial charge < -0.3 is 20.8 Å². The number of anilines is 1. The molecular weight excluding hydrogens is 589 g/mol. The quantitative estimate of drug-likeness (QED) is 0.312. The van der Waals surface area contributed by atoms with Crippen molar-refractivity contribution in [3.05, 3.63) is 58.4 Å². The number of carbonyl (C=O) groups excluding carboxylic acids is 2. The van der Waals surface area contributed by atoms with E-state index in [1.165, 1.54) is 12.1 Å². The first-order chi connectivity index (χ1) is 19.1. The zero-order chi connectivity index (χ0) is 30.3. The zero-order valence-corrected chi connectivity index (χ0v) is 23.4. The lowest BCUT2D eigenvalue weighted by Gasteiger charge is -2.42. The van der Waals surface area contributed by atoms with Crippen LogP contribution in [0.2, 0.25) is 5.02 Å². The molecule has 2 aliphatic carbocycles. The van der Waals surface area contributed by atoms with Crippen LogP contribution in [0.5, 0.6) is 0 Å². The monoisotopic (exact) mass is 616 g/mol. The molecule has 14 heteroatoms. The molecule has 4 N–H and O–H groups in total. The Morgan fingerprint density at radius 2 is 1.73 bits per heavy atom. The molecule has 222 valence electrons. The summed E-state index contributed by atoms with van der Waals surface area (Å²) in [5, 5.41) is 23.8. The first kappa shape index (κ1) is 30.8. The predicted octanol–water partition coefficient (Wildman–Crippen LogP) is 3.93. The van der Waals surface area contributed by atoms with Crippen LogP contribution in [0.25, 0.3) is 0 Å². The lowest BCUT2D eigenvalue weighted by Crippen LogP contribution is -2.51. The highest BCUT2D eigenvalue weighted by molar-refractivity contribution is 7.92. The second-order valence-corrected chi connectivity index (χ2v) is 13.3. The van der Waals surface area contributed by atoms with Crippen LogP contribution in [0.15, 0.2) is 35.2 Å². The number of aliphatic hydroxyl groups is 1. The number of nitrogens with one attached hydrogen (secondary N) is 2. The summed E-state index contributed by atoms with van der Waals surface area (Å²) in [7, 11) is -4.15. The number of carbonyl (C=O) groups is 3. The molecule has 0 radical (unpaired) electrons. The molecule has 0 heterocycles. The molecule has 0 saturated heterocycles. The molecule has 9 nitrogen and oxygen atoms in total. The van der Waals surface area contributed by atoms with Gasteiger partial charge >= 0.3 is 5.97 Å². The highest BCUT2D eigenvalue weighted by atomic mass is 35.5. The molecule has 2 aromatic carbocycles. The lowest BCUT2D eigenvalue weighted by molar-refractivity contribution is -0.137. The van der Waals surface area contributed by atoms with Gasteiger partial charge in [-0.1, -0.05) is 18.5 Å². The number of sulfone groups is 1. The molecule has 0 spiro atoms. The van der Waals surface area contributed by atoms with Crippen LogP contribution < -0.4 is 10.6 Å². The fraction of sp³-hybridized carbons (Fsp3) is 0.444. The third-order valence-corrected chi connectivity index (χ3v) is 10.7. The van der Waals surface area contributed by atoms with Crippen molar-refractivity contribution in [1.29, 1.82) is 0 Å². The number of carboxylic acids is 1. The maximum atomic E-state index is 13.8. The van der Waals surface area contributed by atoms with E-state index in [-0.39, 0.29) is 59.3 Å². The van der Waals surface area contributed by atoms with Gasteiger partial charge in [-0.15, -0.1) is 0 Å². The van der Waals surface area contributed by atoms with Gasteiger partial charge in [-0.25, -0.2) is 21.6 Å². The molecule has 2 amide bonds. The van der Waals surface area contributed by atoms with Gasteiger partial charge in [0.25, 0.3) is 5.91 Å². The Hall–Kier alpha value is -3.16. The van der Waals surface area contributed by atoms with E-state index in [0.29, 0.717) is 18.6 Å². The van der Waals surface area contributed by atoms with Gasteiger partial charge in [-0.3, -0.25) is 14.4 Å². The molecular formula is C27H28ClF3N2O7S. The maximum absolute atomic E-state index is 13.8. The minimum Gasteiger partial charge on any atom is -0.481 e. The number of aliphatic carboxylic acids is 1. The lowest BCUT2D eigenvalue weighted by atomic mass is 9.71. The molecule has 41 heavy (non-hydrogen) atoms. The van der Waals surface area contributed by atoms with Gasteiger partial charge in [-0.2, -0.15) is 0 Å². The average molecular weight is 617 g/mol. The molecule has 5 atom stereocenters. The van der Waals surface area contributed by atoms with Crippen LogP contribution >= 0.6 is 11.6 Å². The van der Waals surface area contributed by atoms with Gasteiger partial charge in [0.2, 0.25) is 5.91 Å². The van der Waals surface area contributed by atoms with Crippen LogP contribution in [0, 0.1) is 35.2 Å². The van der Waals surface area contributed by atoms with Gasteiger partial charge in [0.05, 0.1) is 33.6 Å². The number of fused-ring (bicyclic) bond motifs is 2. The van der Waals surface area contributed by atoms with E-state index in [9.17, 15) is 41.1 Å². The number of carboxylic acid groups (broad SMARTS) is 1.